The number of benzene rings is 1. The van der Waals surface area contributed by atoms with Crippen molar-refractivity contribution in [1.29, 1.82) is 0 Å². The van der Waals surface area contributed by atoms with E-state index in [4.69, 9.17) is 4.74 Å². The lowest BCUT2D eigenvalue weighted by atomic mass is 10.0. The van der Waals surface area contributed by atoms with Crippen LogP contribution in [0, 0.1) is 11.6 Å². The minimum absolute atomic E-state index is 0.172. The minimum atomic E-state index is -0.405. The van der Waals surface area contributed by atoms with E-state index < -0.39 is 5.82 Å². The zero-order valence-electron chi connectivity index (χ0n) is 9.25. The summed E-state index contributed by atoms with van der Waals surface area (Å²) >= 11 is 0. The van der Waals surface area contributed by atoms with E-state index in [1.807, 2.05) is 6.92 Å². The van der Waals surface area contributed by atoms with Gasteiger partial charge in [-0.25, -0.2) is 8.78 Å². The quantitative estimate of drug-likeness (QED) is 0.769. The number of hydrogen-bond acceptors (Lipinski definition) is 2. The number of ether oxygens (including phenoxy) is 1. The highest BCUT2D eigenvalue weighted by atomic mass is 19.1. The number of likely N-dealkylation sites (N-methyl/N-ethyl adjacent to an activating group) is 1. The molecule has 1 aromatic carbocycles. The van der Waals surface area contributed by atoms with Gasteiger partial charge in [-0.15, -0.1) is 0 Å². The van der Waals surface area contributed by atoms with Crippen LogP contribution < -0.4 is 0 Å². The van der Waals surface area contributed by atoms with Crippen molar-refractivity contribution in [3.63, 3.8) is 0 Å². The van der Waals surface area contributed by atoms with Gasteiger partial charge in [0, 0.05) is 12.1 Å². The number of nitrogens with zero attached hydrogens (tertiary/aromatic N) is 1. The summed E-state index contributed by atoms with van der Waals surface area (Å²) < 4.78 is 32.1. The normalized spacial score (nSPS) is 22.3. The van der Waals surface area contributed by atoms with Crippen molar-refractivity contribution in [2.45, 2.75) is 13.0 Å². The molecule has 0 spiro atoms. The van der Waals surface area contributed by atoms with Gasteiger partial charge in [0.15, 0.2) is 0 Å². The van der Waals surface area contributed by atoms with Crippen LogP contribution >= 0.6 is 0 Å². The molecule has 88 valence electrons. The van der Waals surface area contributed by atoms with Crippen molar-refractivity contribution in [3.8, 4) is 0 Å². The van der Waals surface area contributed by atoms with Gasteiger partial charge in [-0.2, -0.15) is 0 Å². The molecule has 1 unspecified atom stereocenters. The lowest BCUT2D eigenvalue weighted by Crippen LogP contribution is -2.39. The summed E-state index contributed by atoms with van der Waals surface area (Å²) in [4.78, 5) is 2.10. The lowest BCUT2D eigenvalue weighted by molar-refractivity contribution is -0.00708. The molecule has 0 amide bonds. The number of rotatable bonds is 2. The Bertz CT molecular complexity index is 370. The van der Waals surface area contributed by atoms with E-state index in [0.717, 1.165) is 19.2 Å². The van der Waals surface area contributed by atoms with Gasteiger partial charge < -0.3 is 4.74 Å². The molecular weight excluding hydrogens is 212 g/mol. The molecule has 1 aliphatic heterocycles. The Hall–Kier alpha value is -1.00. The maximum Gasteiger partial charge on any atom is 0.128 e. The standard InChI is InChI=1S/C12H15F2NO/c1-2-15-5-6-16-8-12(15)10-7-9(13)3-4-11(10)14/h3-4,7,12H,2,5-6,8H2,1H3. The second kappa shape index (κ2) is 4.89. The molecule has 1 saturated heterocycles. The molecule has 0 aromatic heterocycles. The molecule has 0 aliphatic carbocycles. The number of morpholine rings is 1. The Labute approximate surface area is 93.8 Å². The first-order valence-electron chi connectivity index (χ1n) is 5.49. The van der Waals surface area contributed by atoms with Gasteiger partial charge in [0.1, 0.15) is 11.6 Å². The lowest BCUT2D eigenvalue weighted by Gasteiger charge is -2.35. The molecule has 1 aliphatic rings. The highest BCUT2D eigenvalue weighted by Crippen LogP contribution is 2.26. The highest BCUT2D eigenvalue weighted by molar-refractivity contribution is 5.23. The molecule has 0 saturated carbocycles. The van der Waals surface area contributed by atoms with Crippen LogP contribution in [0.5, 0.6) is 0 Å². The van der Waals surface area contributed by atoms with Crippen molar-refractivity contribution in [2.24, 2.45) is 0 Å². The maximum atomic E-state index is 13.6. The molecule has 16 heavy (non-hydrogen) atoms. The number of hydrogen-bond donors (Lipinski definition) is 0. The first-order chi connectivity index (χ1) is 7.72. The predicted octanol–water partition coefficient (Wildman–Crippen LogP) is 2.36. The third kappa shape index (κ3) is 2.23. The second-order valence-electron chi connectivity index (χ2n) is 3.89. The van der Waals surface area contributed by atoms with Crippen LogP contribution in [0.25, 0.3) is 0 Å². The average Bonchev–Trinajstić information content (AvgIpc) is 2.32. The Morgan fingerprint density at radius 1 is 1.44 bits per heavy atom. The molecule has 1 atom stereocenters. The van der Waals surface area contributed by atoms with Crippen molar-refractivity contribution in [3.05, 3.63) is 35.4 Å². The summed E-state index contributed by atoms with van der Waals surface area (Å²) in [6.45, 7) is 4.66. The molecular formula is C12H15F2NO. The summed E-state index contributed by atoms with van der Waals surface area (Å²) in [6, 6.07) is 3.40. The Balaban J connectivity index is 2.30. The molecule has 2 nitrogen and oxygen atoms in total. The molecule has 0 bridgehead atoms. The minimum Gasteiger partial charge on any atom is -0.378 e. The molecule has 4 heteroatoms. The molecule has 0 radical (unpaired) electrons. The fourth-order valence-corrected chi connectivity index (χ4v) is 2.07. The van der Waals surface area contributed by atoms with Crippen LogP contribution in [0.15, 0.2) is 18.2 Å². The third-order valence-corrected chi connectivity index (χ3v) is 2.96. The Kier molecular flexibility index (Phi) is 3.51. The summed E-state index contributed by atoms with van der Waals surface area (Å²) in [5.41, 5.74) is 0.390. The molecule has 1 fully saturated rings. The van der Waals surface area contributed by atoms with E-state index in [9.17, 15) is 8.78 Å². The zero-order valence-corrected chi connectivity index (χ0v) is 9.25. The van der Waals surface area contributed by atoms with E-state index in [1.165, 1.54) is 12.1 Å². The largest absolute Gasteiger partial charge is 0.378 e. The van der Waals surface area contributed by atoms with Crippen molar-refractivity contribution >= 4 is 0 Å². The van der Waals surface area contributed by atoms with Gasteiger partial charge in [-0.05, 0) is 24.7 Å². The first-order valence-corrected chi connectivity index (χ1v) is 5.49. The van der Waals surface area contributed by atoms with Crippen LogP contribution in [0.3, 0.4) is 0 Å². The maximum absolute atomic E-state index is 13.6. The summed E-state index contributed by atoms with van der Waals surface area (Å²) in [7, 11) is 0. The summed E-state index contributed by atoms with van der Waals surface area (Å²) in [5, 5.41) is 0. The zero-order chi connectivity index (χ0) is 11.5. The van der Waals surface area contributed by atoms with Crippen LogP contribution in [0.1, 0.15) is 18.5 Å². The topological polar surface area (TPSA) is 12.5 Å². The fraction of sp³-hybridized carbons (Fsp3) is 0.500. The average molecular weight is 227 g/mol. The molecule has 1 aromatic rings. The Morgan fingerprint density at radius 3 is 3.00 bits per heavy atom. The summed E-state index contributed by atoms with van der Waals surface area (Å²) in [5.74, 6) is -0.770. The van der Waals surface area contributed by atoms with Gasteiger partial charge >= 0.3 is 0 Å². The van der Waals surface area contributed by atoms with E-state index in [-0.39, 0.29) is 11.9 Å². The predicted molar refractivity (Wildman–Crippen MR) is 57.2 cm³/mol. The monoisotopic (exact) mass is 227 g/mol. The van der Waals surface area contributed by atoms with Gasteiger partial charge in [-0.1, -0.05) is 6.92 Å². The van der Waals surface area contributed by atoms with Crippen LogP contribution in [-0.2, 0) is 4.74 Å². The van der Waals surface area contributed by atoms with E-state index >= 15 is 0 Å². The van der Waals surface area contributed by atoms with Gasteiger partial charge in [0.25, 0.3) is 0 Å². The third-order valence-electron chi connectivity index (χ3n) is 2.96. The SMILES string of the molecule is CCN1CCOCC1c1cc(F)ccc1F. The van der Waals surface area contributed by atoms with E-state index in [1.54, 1.807) is 0 Å². The molecule has 2 rings (SSSR count). The molecule has 1 heterocycles. The highest BCUT2D eigenvalue weighted by Gasteiger charge is 2.25. The van der Waals surface area contributed by atoms with Crippen LogP contribution in [-0.4, -0.2) is 31.2 Å². The number of halogens is 2. The van der Waals surface area contributed by atoms with Crippen LogP contribution in [0.4, 0.5) is 8.78 Å². The van der Waals surface area contributed by atoms with Crippen molar-refractivity contribution < 1.29 is 13.5 Å². The van der Waals surface area contributed by atoms with Gasteiger partial charge in [0.05, 0.1) is 19.3 Å². The van der Waals surface area contributed by atoms with Gasteiger partial charge in [-0.3, -0.25) is 4.90 Å². The van der Waals surface area contributed by atoms with E-state index in [0.29, 0.717) is 18.8 Å². The summed E-state index contributed by atoms with van der Waals surface area (Å²) in [6.07, 6.45) is 0. The van der Waals surface area contributed by atoms with Gasteiger partial charge in [0.2, 0.25) is 0 Å². The van der Waals surface area contributed by atoms with E-state index in [2.05, 4.69) is 4.90 Å². The fourth-order valence-electron chi connectivity index (χ4n) is 2.07. The smallest absolute Gasteiger partial charge is 0.128 e. The van der Waals surface area contributed by atoms with Crippen molar-refractivity contribution in [1.82, 2.24) is 4.90 Å². The Morgan fingerprint density at radius 2 is 2.25 bits per heavy atom. The van der Waals surface area contributed by atoms with Crippen molar-refractivity contribution in [2.75, 3.05) is 26.3 Å². The second-order valence-corrected chi connectivity index (χ2v) is 3.89. The molecule has 0 N–H and O–H groups in total. The first kappa shape index (κ1) is 11.5. The van der Waals surface area contributed by atoms with Crippen LogP contribution in [0.2, 0.25) is 0 Å².